The molecule has 0 saturated carbocycles. The second-order valence-corrected chi connectivity index (χ2v) is 7.18. The van der Waals surface area contributed by atoms with Gasteiger partial charge in [-0.05, 0) is 43.2 Å². The van der Waals surface area contributed by atoms with E-state index in [2.05, 4.69) is 10.0 Å². The predicted octanol–water partition coefficient (Wildman–Crippen LogP) is 2.56. The van der Waals surface area contributed by atoms with Crippen molar-refractivity contribution < 1.29 is 17.9 Å². The van der Waals surface area contributed by atoms with Crippen molar-refractivity contribution in [2.75, 3.05) is 25.0 Å². The highest BCUT2D eigenvalue weighted by molar-refractivity contribution is 7.92. The van der Waals surface area contributed by atoms with Crippen molar-refractivity contribution >= 4 is 21.6 Å². The molecule has 0 unspecified atom stereocenters. The summed E-state index contributed by atoms with van der Waals surface area (Å²) >= 11 is 0. The van der Waals surface area contributed by atoms with Crippen LogP contribution >= 0.6 is 0 Å². The molecule has 7 heteroatoms. The number of amides is 1. The largest absolute Gasteiger partial charge is 0.385 e. The molecule has 0 spiro atoms. The van der Waals surface area contributed by atoms with E-state index in [1.165, 1.54) is 12.1 Å². The van der Waals surface area contributed by atoms with Crippen LogP contribution in [0.25, 0.3) is 0 Å². The fourth-order valence-electron chi connectivity index (χ4n) is 2.31. The Morgan fingerprint density at radius 1 is 1.08 bits per heavy atom. The van der Waals surface area contributed by atoms with E-state index in [9.17, 15) is 13.2 Å². The summed E-state index contributed by atoms with van der Waals surface area (Å²) in [5.41, 5.74) is 1.39. The third-order valence-corrected chi connectivity index (χ3v) is 5.07. The number of rotatable bonds is 8. The maximum atomic E-state index is 12.5. The molecular weight excluding hydrogens is 340 g/mol. The van der Waals surface area contributed by atoms with Crippen LogP contribution in [0.15, 0.2) is 53.4 Å². The molecule has 134 valence electrons. The van der Waals surface area contributed by atoms with Gasteiger partial charge in [-0.25, -0.2) is 8.42 Å². The number of benzene rings is 2. The fourth-order valence-corrected chi connectivity index (χ4v) is 3.45. The lowest BCUT2D eigenvalue weighted by Crippen LogP contribution is -2.26. The highest BCUT2D eigenvalue weighted by Gasteiger charge is 2.17. The van der Waals surface area contributed by atoms with Crippen molar-refractivity contribution in [3.63, 3.8) is 0 Å². The predicted molar refractivity (Wildman–Crippen MR) is 97.3 cm³/mol. The molecule has 0 aromatic heterocycles. The van der Waals surface area contributed by atoms with E-state index < -0.39 is 10.0 Å². The maximum Gasteiger partial charge on any atom is 0.261 e. The number of carbonyl (C=O) groups excluding carboxylic acids is 1. The molecule has 0 atom stereocenters. The lowest BCUT2D eigenvalue weighted by Gasteiger charge is -2.14. The van der Waals surface area contributed by atoms with Crippen LogP contribution in [0.2, 0.25) is 0 Å². The van der Waals surface area contributed by atoms with Crippen LogP contribution in [0, 0.1) is 6.92 Å². The summed E-state index contributed by atoms with van der Waals surface area (Å²) in [5, 5.41) is 2.80. The van der Waals surface area contributed by atoms with Gasteiger partial charge < -0.3 is 10.1 Å². The minimum atomic E-state index is -3.70. The Balaban J connectivity index is 2.17. The number of hydrogen-bond acceptors (Lipinski definition) is 4. The molecule has 1 amide bonds. The maximum absolute atomic E-state index is 12.5. The van der Waals surface area contributed by atoms with Gasteiger partial charge in [0.25, 0.3) is 15.9 Å². The second-order valence-electron chi connectivity index (χ2n) is 5.50. The molecule has 0 radical (unpaired) electrons. The van der Waals surface area contributed by atoms with E-state index in [1.54, 1.807) is 50.4 Å². The average Bonchev–Trinajstić information content (AvgIpc) is 2.61. The van der Waals surface area contributed by atoms with Crippen LogP contribution < -0.4 is 10.0 Å². The van der Waals surface area contributed by atoms with E-state index in [0.29, 0.717) is 36.4 Å². The molecule has 0 bridgehead atoms. The average molecular weight is 362 g/mol. The molecule has 0 heterocycles. The van der Waals surface area contributed by atoms with Gasteiger partial charge in [0, 0.05) is 25.8 Å². The van der Waals surface area contributed by atoms with Crippen LogP contribution in [0.1, 0.15) is 22.3 Å². The van der Waals surface area contributed by atoms with Crippen molar-refractivity contribution in [2.24, 2.45) is 0 Å². The lowest BCUT2D eigenvalue weighted by atomic mass is 10.1. The highest BCUT2D eigenvalue weighted by Crippen LogP contribution is 2.22. The van der Waals surface area contributed by atoms with Gasteiger partial charge in [-0.3, -0.25) is 9.52 Å². The summed E-state index contributed by atoms with van der Waals surface area (Å²) in [4.78, 5) is 12.5. The Bertz CT molecular complexity index is 820. The normalized spacial score (nSPS) is 11.1. The van der Waals surface area contributed by atoms with E-state index in [1.807, 2.05) is 0 Å². The molecule has 0 saturated heterocycles. The van der Waals surface area contributed by atoms with E-state index in [0.717, 1.165) is 0 Å². The van der Waals surface area contributed by atoms with Gasteiger partial charge in [0.15, 0.2) is 0 Å². The Morgan fingerprint density at radius 3 is 2.48 bits per heavy atom. The molecule has 0 aliphatic heterocycles. The number of nitrogens with one attached hydrogen (secondary N) is 2. The van der Waals surface area contributed by atoms with Crippen molar-refractivity contribution in [1.29, 1.82) is 0 Å². The van der Waals surface area contributed by atoms with Crippen molar-refractivity contribution in [1.82, 2.24) is 5.32 Å². The third kappa shape index (κ3) is 5.04. The van der Waals surface area contributed by atoms with Crippen LogP contribution in [0.3, 0.4) is 0 Å². The third-order valence-electron chi connectivity index (χ3n) is 3.69. The standard InChI is InChI=1S/C18H22N2O4S/c1-14-16(18(21)19-12-7-13-24-2)10-6-11-17(14)20-25(22,23)15-8-4-3-5-9-15/h3-6,8-11,20H,7,12-13H2,1-2H3,(H,19,21). The molecule has 0 aliphatic rings. The molecule has 25 heavy (non-hydrogen) atoms. The summed E-state index contributed by atoms with van der Waals surface area (Å²) in [6.07, 6.45) is 0.710. The first-order chi connectivity index (χ1) is 12.0. The number of sulfonamides is 1. The fraction of sp³-hybridized carbons (Fsp3) is 0.278. The topological polar surface area (TPSA) is 84.5 Å². The van der Waals surface area contributed by atoms with Gasteiger partial charge in [0.2, 0.25) is 0 Å². The zero-order chi connectivity index (χ0) is 18.3. The molecule has 0 aliphatic carbocycles. The number of anilines is 1. The lowest BCUT2D eigenvalue weighted by molar-refractivity contribution is 0.0948. The molecule has 0 fully saturated rings. The minimum absolute atomic E-state index is 0.170. The summed E-state index contributed by atoms with van der Waals surface area (Å²) in [7, 11) is -2.10. The van der Waals surface area contributed by atoms with Gasteiger partial charge in [-0.1, -0.05) is 24.3 Å². The van der Waals surface area contributed by atoms with Crippen LogP contribution in [-0.4, -0.2) is 34.6 Å². The van der Waals surface area contributed by atoms with E-state index >= 15 is 0 Å². The van der Waals surface area contributed by atoms with Crippen molar-refractivity contribution in [3.8, 4) is 0 Å². The summed E-state index contributed by atoms with van der Waals surface area (Å²) < 4.78 is 32.4. The Kier molecular flexibility index (Phi) is 6.55. The van der Waals surface area contributed by atoms with Crippen molar-refractivity contribution in [2.45, 2.75) is 18.2 Å². The Hall–Kier alpha value is -2.38. The van der Waals surface area contributed by atoms with Gasteiger partial charge in [-0.15, -0.1) is 0 Å². The number of hydrogen-bond donors (Lipinski definition) is 2. The zero-order valence-electron chi connectivity index (χ0n) is 14.3. The summed E-state index contributed by atoms with van der Waals surface area (Å²) in [6.45, 7) is 2.77. The summed E-state index contributed by atoms with van der Waals surface area (Å²) in [6, 6.07) is 13.1. The van der Waals surface area contributed by atoms with Crippen LogP contribution in [0.4, 0.5) is 5.69 Å². The number of carbonyl (C=O) groups is 1. The zero-order valence-corrected chi connectivity index (χ0v) is 15.1. The van der Waals surface area contributed by atoms with Gasteiger partial charge in [0.05, 0.1) is 10.6 Å². The smallest absolute Gasteiger partial charge is 0.261 e. The Morgan fingerprint density at radius 2 is 1.80 bits per heavy atom. The SMILES string of the molecule is COCCCNC(=O)c1cccc(NS(=O)(=O)c2ccccc2)c1C. The molecule has 6 nitrogen and oxygen atoms in total. The van der Waals surface area contributed by atoms with Crippen LogP contribution in [-0.2, 0) is 14.8 Å². The molecule has 2 rings (SSSR count). The monoisotopic (exact) mass is 362 g/mol. The van der Waals surface area contributed by atoms with E-state index in [4.69, 9.17) is 4.74 Å². The molecule has 2 aromatic carbocycles. The molecular formula is C18H22N2O4S. The first-order valence-corrected chi connectivity index (χ1v) is 9.38. The minimum Gasteiger partial charge on any atom is -0.385 e. The number of methoxy groups -OCH3 is 1. The summed E-state index contributed by atoms with van der Waals surface area (Å²) in [5.74, 6) is -0.241. The first-order valence-electron chi connectivity index (χ1n) is 7.90. The van der Waals surface area contributed by atoms with Gasteiger partial charge in [-0.2, -0.15) is 0 Å². The first kappa shape index (κ1) is 19.0. The van der Waals surface area contributed by atoms with Gasteiger partial charge >= 0.3 is 0 Å². The Labute approximate surface area is 148 Å². The quantitative estimate of drug-likeness (QED) is 0.707. The second kappa shape index (κ2) is 8.64. The molecule has 2 aromatic rings. The van der Waals surface area contributed by atoms with E-state index in [-0.39, 0.29) is 10.8 Å². The van der Waals surface area contributed by atoms with Crippen LogP contribution in [0.5, 0.6) is 0 Å². The highest BCUT2D eigenvalue weighted by atomic mass is 32.2. The molecule has 2 N–H and O–H groups in total. The van der Waals surface area contributed by atoms with Crippen molar-refractivity contribution in [3.05, 3.63) is 59.7 Å². The van der Waals surface area contributed by atoms with Gasteiger partial charge in [0.1, 0.15) is 0 Å². The number of ether oxygens (including phenoxy) is 1.